The van der Waals surface area contributed by atoms with E-state index in [4.69, 9.17) is 10.2 Å². The number of carbonyl (C=O) groups is 1. The number of halogens is 2. The third-order valence-electron chi connectivity index (χ3n) is 3.03. The Labute approximate surface area is 133 Å². The van der Waals surface area contributed by atoms with E-state index in [-0.39, 0.29) is 16.9 Å². The Hall–Kier alpha value is -2.47. The van der Waals surface area contributed by atoms with Crippen molar-refractivity contribution in [2.45, 2.75) is 0 Å². The number of rotatable bonds is 2. The maximum Gasteiger partial charge on any atom is 0.254 e. The Morgan fingerprint density at radius 1 is 1.14 bits per heavy atom. The third-order valence-corrected chi connectivity index (χ3v) is 3.52. The van der Waals surface area contributed by atoms with Gasteiger partial charge in [-0.1, -0.05) is 15.9 Å². The molecule has 0 bridgehead atoms. The summed E-state index contributed by atoms with van der Waals surface area (Å²) in [7, 11) is 0. The molecule has 3 rings (SSSR count). The topological polar surface area (TPSA) is 68.6 Å². The second-order valence-corrected chi connectivity index (χ2v) is 5.52. The zero-order valence-corrected chi connectivity index (χ0v) is 12.8. The van der Waals surface area contributed by atoms with Crippen LogP contribution in [0.3, 0.4) is 0 Å². The molecule has 1 heterocycles. The standard InChI is InChI=1S/C16H10BrFN2O2/c17-10-1-6-14-9(7-10)8-13(15(19)21)16(22-14)20-12-4-2-11(18)3-5-12/h1-8H,(H2,19,21). The third kappa shape index (κ3) is 2.92. The van der Waals surface area contributed by atoms with Crippen LogP contribution in [0.2, 0.25) is 0 Å². The first-order valence-electron chi connectivity index (χ1n) is 6.36. The van der Waals surface area contributed by atoms with Crippen molar-refractivity contribution in [1.82, 2.24) is 0 Å². The summed E-state index contributed by atoms with van der Waals surface area (Å²) < 4.78 is 19.5. The van der Waals surface area contributed by atoms with E-state index in [1.54, 1.807) is 12.1 Å². The lowest BCUT2D eigenvalue weighted by Crippen LogP contribution is -2.21. The van der Waals surface area contributed by atoms with Crippen LogP contribution in [0.15, 0.2) is 62.4 Å². The summed E-state index contributed by atoms with van der Waals surface area (Å²) in [6.07, 6.45) is 0. The maximum absolute atomic E-state index is 12.9. The number of hydrogen-bond donors (Lipinski definition) is 1. The van der Waals surface area contributed by atoms with Gasteiger partial charge in [-0.05, 0) is 48.5 Å². The highest BCUT2D eigenvalue weighted by Crippen LogP contribution is 2.20. The SMILES string of the molecule is NC(=O)c1cc2cc(Br)ccc2oc1=Nc1ccc(F)cc1. The first-order chi connectivity index (χ1) is 10.5. The summed E-state index contributed by atoms with van der Waals surface area (Å²) in [6.45, 7) is 0. The van der Waals surface area contributed by atoms with Gasteiger partial charge in [-0.2, -0.15) is 0 Å². The summed E-state index contributed by atoms with van der Waals surface area (Å²) in [5.74, 6) is -1.01. The lowest BCUT2D eigenvalue weighted by atomic mass is 10.2. The summed E-state index contributed by atoms with van der Waals surface area (Å²) in [5, 5.41) is 0.723. The average molecular weight is 361 g/mol. The van der Waals surface area contributed by atoms with Crippen LogP contribution in [0.25, 0.3) is 11.0 Å². The van der Waals surface area contributed by atoms with Crippen molar-refractivity contribution in [1.29, 1.82) is 0 Å². The highest BCUT2D eigenvalue weighted by atomic mass is 79.9. The number of benzene rings is 2. The molecule has 110 valence electrons. The minimum atomic E-state index is -0.647. The van der Waals surface area contributed by atoms with Crippen molar-refractivity contribution in [3.8, 4) is 0 Å². The maximum atomic E-state index is 12.9. The fraction of sp³-hybridized carbons (Fsp3) is 0. The number of carbonyl (C=O) groups excluding carboxylic acids is 1. The lowest BCUT2D eigenvalue weighted by molar-refractivity contribution is 0.0996. The van der Waals surface area contributed by atoms with E-state index in [0.717, 1.165) is 9.86 Å². The van der Waals surface area contributed by atoms with E-state index in [0.29, 0.717) is 11.3 Å². The predicted molar refractivity (Wildman–Crippen MR) is 84.1 cm³/mol. The molecule has 2 N–H and O–H groups in total. The highest BCUT2D eigenvalue weighted by Gasteiger charge is 2.09. The van der Waals surface area contributed by atoms with Gasteiger partial charge in [0.2, 0.25) is 5.55 Å². The summed E-state index contributed by atoms with van der Waals surface area (Å²) >= 11 is 3.36. The summed E-state index contributed by atoms with van der Waals surface area (Å²) in [5.41, 5.74) is 6.67. The molecule has 22 heavy (non-hydrogen) atoms. The molecule has 4 nitrogen and oxygen atoms in total. The molecule has 6 heteroatoms. The van der Waals surface area contributed by atoms with E-state index in [1.165, 1.54) is 24.3 Å². The van der Waals surface area contributed by atoms with Gasteiger partial charge in [-0.25, -0.2) is 9.38 Å². The largest absolute Gasteiger partial charge is 0.438 e. The number of primary amides is 1. The average Bonchev–Trinajstić information content (AvgIpc) is 2.49. The Kier molecular flexibility index (Phi) is 3.77. The van der Waals surface area contributed by atoms with Crippen LogP contribution >= 0.6 is 15.9 Å². The predicted octanol–water partition coefficient (Wildman–Crippen LogP) is 3.67. The first kappa shape index (κ1) is 14.5. The van der Waals surface area contributed by atoms with E-state index < -0.39 is 5.91 Å². The quantitative estimate of drug-likeness (QED) is 0.757. The molecule has 0 aliphatic carbocycles. The number of fused-ring (bicyclic) bond motifs is 1. The van der Waals surface area contributed by atoms with Crippen LogP contribution in [-0.4, -0.2) is 5.91 Å². The summed E-state index contributed by atoms with van der Waals surface area (Å²) in [6, 6.07) is 12.5. The number of nitrogens with two attached hydrogens (primary N) is 1. The van der Waals surface area contributed by atoms with Gasteiger partial charge in [0.05, 0.1) is 5.69 Å². The number of amides is 1. The normalized spacial score (nSPS) is 11.8. The van der Waals surface area contributed by atoms with Crippen molar-refractivity contribution in [2.75, 3.05) is 0 Å². The molecule has 0 saturated carbocycles. The van der Waals surface area contributed by atoms with Gasteiger partial charge < -0.3 is 10.2 Å². The molecule has 0 aliphatic heterocycles. The van der Waals surface area contributed by atoms with Crippen LogP contribution in [0.5, 0.6) is 0 Å². The molecule has 1 amide bonds. The van der Waals surface area contributed by atoms with Crippen molar-refractivity contribution < 1.29 is 13.6 Å². The molecule has 0 aliphatic rings. The van der Waals surface area contributed by atoms with Gasteiger partial charge in [0, 0.05) is 9.86 Å². The van der Waals surface area contributed by atoms with E-state index in [9.17, 15) is 9.18 Å². The zero-order chi connectivity index (χ0) is 15.7. The summed E-state index contributed by atoms with van der Waals surface area (Å²) in [4.78, 5) is 15.9. The Balaban J connectivity index is 2.27. The van der Waals surface area contributed by atoms with Crippen LogP contribution < -0.4 is 11.3 Å². The number of hydrogen-bond acceptors (Lipinski definition) is 3. The lowest BCUT2D eigenvalue weighted by Gasteiger charge is -2.02. The molecular formula is C16H10BrFN2O2. The first-order valence-corrected chi connectivity index (χ1v) is 7.16. The fourth-order valence-electron chi connectivity index (χ4n) is 1.99. The van der Waals surface area contributed by atoms with E-state index >= 15 is 0 Å². The van der Waals surface area contributed by atoms with Crippen LogP contribution in [0, 0.1) is 5.82 Å². The second-order valence-electron chi connectivity index (χ2n) is 4.60. The molecule has 3 aromatic rings. The fourth-order valence-corrected chi connectivity index (χ4v) is 2.37. The van der Waals surface area contributed by atoms with Crippen LogP contribution in [0.4, 0.5) is 10.1 Å². The van der Waals surface area contributed by atoms with Crippen molar-refractivity contribution in [2.24, 2.45) is 10.7 Å². The zero-order valence-electron chi connectivity index (χ0n) is 11.2. The Morgan fingerprint density at radius 3 is 2.55 bits per heavy atom. The van der Waals surface area contributed by atoms with Crippen molar-refractivity contribution >= 4 is 38.5 Å². The molecular weight excluding hydrogens is 351 g/mol. The van der Waals surface area contributed by atoms with Gasteiger partial charge in [0.1, 0.15) is 17.0 Å². The van der Waals surface area contributed by atoms with Crippen molar-refractivity contribution in [3.05, 3.63) is 69.9 Å². The van der Waals surface area contributed by atoms with Gasteiger partial charge in [-0.3, -0.25) is 4.79 Å². The molecule has 0 radical (unpaired) electrons. The van der Waals surface area contributed by atoms with E-state index in [1.807, 2.05) is 12.1 Å². The van der Waals surface area contributed by atoms with Gasteiger partial charge >= 0.3 is 0 Å². The van der Waals surface area contributed by atoms with Crippen LogP contribution in [0.1, 0.15) is 10.4 Å². The van der Waals surface area contributed by atoms with E-state index in [2.05, 4.69) is 20.9 Å². The van der Waals surface area contributed by atoms with Crippen molar-refractivity contribution in [3.63, 3.8) is 0 Å². The molecule has 2 aromatic carbocycles. The molecule has 0 unspecified atom stereocenters. The molecule has 0 saturated heterocycles. The monoisotopic (exact) mass is 360 g/mol. The minimum Gasteiger partial charge on any atom is -0.438 e. The van der Waals surface area contributed by atoms with Gasteiger partial charge in [0.15, 0.2) is 0 Å². The molecule has 0 spiro atoms. The van der Waals surface area contributed by atoms with Crippen LogP contribution in [-0.2, 0) is 0 Å². The molecule has 0 atom stereocenters. The molecule has 0 fully saturated rings. The molecule has 1 aromatic heterocycles. The minimum absolute atomic E-state index is 0.0916. The number of nitrogens with zero attached hydrogens (tertiary/aromatic N) is 1. The highest BCUT2D eigenvalue weighted by molar-refractivity contribution is 9.10. The Morgan fingerprint density at radius 2 is 1.86 bits per heavy atom. The smallest absolute Gasteiger partial charge is 0.254 e. The Bertz CT molecular complexity index is 933. The second kappa shape index (κ2) is 5.73. The van der Waals surface area contributed by atoms with Gasteiger partial charge in [0.25, 0.3) is 5.91 Å². The van der Waals surface area contributed by atoms with Gasteiger partial charge in [-0.15, -0.1) is 0 Å².